The highest BCUT2D eigenvalue weighted by Crippen LogP contribution is 1.97. The van der Waals surface area contributed by atoms with Crippen molar-refractivity contribution in [3.8, 4) is 0 Å². The van der Waals surface area contributed by atoms with Crippen LogP contribution in [0, 0.1) is 19.7 Å². The number of hydrogen-bond acceptors (Lipinski definition) is 3. The molecule has 3 nitrogen and oxygen atoms in total. The van der Waals surface area contributed by atoms with Crippen molar-refractivity contribution in [1.82, 2.24) is 9.97 Å². The molecular formula is C12H14FN3. The summed E-state index contributed by atoms with van der Waals surface area (Å²) in [7, 11) is 0. The summed E-state index contributed by atoms with van der Waals surface area (Å²) in [5.41, 5.74) is 7.92. The number of rotatable bonds is 0. The summed E-state index contributed by atoms with van der Waals surface area (Å²) in [5, 5.41) is 0. The highest BCUT2D eigenvalue weighted by atomic mass is 19.1. The number of pyridine rings is 2. The standard InChI is InChI=1S/C6H6FN.C6H8N2/c2*1-5-2-3-6(7)4-8-5/h2-4H,1H3;2-4H,7H2,1H3. The summed E-state index contributed by atoms with van der Waals surface area (Å²) in [5.74, 6) is -0.282. The Labute approximate surface area is 94.2 Å². The molecule has 0 aliphatic carbocycles. The molecule has 0 aliphatic heterocycles. The van der Waals surface area contributed by atoms with Gasteiger partial charge in [0.1, 0.15) is 5.82 Å². The van der Waals surface area contributed by atoms with E-state index in [0.717, 1.165) is 17.1 Å². The van der Waals surface area contributed by atoms with E-state index in [1.54, 1.807) is 12.3 Å². The summed E-state index contributed by atoms with van der Waals surface area (Å²) in [6.45, 7) is 3.75. The Morgan fingerprint density at radius 1 is 0.938 bits per heavy atom. The fourth-order valence-electron chi connectivity index (χ4n) is 0.929. The zero-order chi connectivity index (χ0) is 12.0. The van der Waals surface area contributed by atoms with Crippen molar-refractivity contribution >= 4 is 5.69 Å². The molecule has 0 saturated heterocycles. The van der Waals surface area contributed by atoms with Gasteiger partial charge in [-0.3, -0.25) is 9.97 Å². The van der Waals surface area contributed by atoms with Gasteiger partial charge in [0.05, 0.1) is 18.1 Å². The molecule has 2 heterocycles. The van der Waals surface area contributed by atoms with Crippen LogP contribution in [0.5, 0.6) is 0 Å². The predicted molar refractivity (Wildman–Crippen MR) is 62.3 cm³/mol. The van der Waals surface area contributed by atoms with Crippen LogP contribution in [0.2, 0.25) is 0 Å². The van der Waals surface area contributed by atoms with E-state index < -0.39 is 0 Å². The van der Waals surface area contributed by atoms with Gasteiger partial charge in [0.2, 0.25) is 0 Å². The van der Waals surface area contributed by atoms with Crippen molar-refractivity contribution in [2.24, 2.45) is 0 Å². The predicted octanol–water partition coefficient (Wildman–Crippen LogP) is 2.50. The molecule has 0 amide bonds. The number of nitrogens with two attached hydrogens (primary N) is 1. The minimum atomic E-state index is -0.282. The van der Waals surface area contributed by atoms with Gasteiger partial charge in [-0.25, -0.2) is 4.39 Å². The van der Waals surface area contributed by atoms with Gasteiger partial charge in [0.25, 0.3) is 0 Å². The summed E-state index contributed by atoms with van der Waals surface area (Å²) < 4.78 is 12.0. The molecule has 2 aromatic heterocycles. The van der Waals surface area contributed by atoms with Crippen molar-refractivity contribution in [3.63, 3.8) is 0 Å². The Kier molecular flexibility index (Phi) is 4.39. The molecule has 2 rings (SSSR count). The van der Waals surface area contributed by atoms with Crippen molar-refractivity contribution in [2.45, 2.75) is 13.8 Å². The molecule has 16 heavy (non-hydrogen) atoms. The third kappa shape index (κ3) is 4.50. The van der Waals surface area contributed by atoms with Crippen molar-refractivity contribution in [2.75, 3.05) is 5.73 Å². The lowest BCUT2D eigenvalue weighted by Crippen LogP contribution is -1.85. The monoisotopic (exact) mass is 219 g/mol. The number of aromatic nitrogens is 2. The first kappa shape index (κ1) is 12.1. The normalized spacial score (nSPS) is 9.19. The molecule has 0 saturated carbocycles. The van der Waals surface area contributed by atoms with Gasteiger partial charge in [-0.1, -0.05) is 0 Å². The van der Waals surface area contributed by atoms with E-state index in [-0.39, 0.29) is 5.82 Å². The van der Waals surface area contributed by atoms with E-state index in [0.29, 0.717) is 0 Å². The number of hydrogen-bond donors (Lipinski definition) is 1. The van der Waals surface area contributed by atoms with E-state index in [1.807, 2.05) is 26.0 Å². The molecule has 2 aromatic rings. The average molecular weight is 219 g/mol. The number of anilines is 1. The molecule has 2 N–H and O–H groups in total. The molecule has 0 aromatic carbocycles. The van der Waals surface area contributed by atoms with Gasteiger partial charge in [-0.15, -0.1) is 0 Å². The molecular weight excluding hydrogens is 205 g/mol. The lowest BCUT2D eigenvalue weighted by molar-refractivity contribution is 0.620. The summed E-state index contributed by atoms with van der Waals surface area (Å²) in [6, 6.07) is 6.75. The third-order valence-electron chi connectivity index (χ3n) is 1.81. The first-order valence-electron chi connectivity index (χ1n) is 4.84. The average Bonchev–Trinajstić information content (AvgIpc) is 2.28. The Balaban J connectivity index is 0.000000160. The van der Waals surface area contributed by atoms with E-state index in [4.69, 9.17) is 5.73 Å². The molecule has 0 atom stereocenters. The number of aryl methyl sites for hydroxylation is 2. The van der Waals surface area contributed by atoms with Crippen LogP contribution in [-0.2, 0) is 0 Å². The molecule has 0 radical (unpaired) electrons. The van der Waals surface area contributed by atoms with Crippen molar-refractivity contribution in [3.05, 3.63) is 53.9 Å². The van der Waals surface area contributed by atoms with Crippen LogP contribution in [0.15, 0.2) is 36.7 Å². The second-order valence-electron chi connectivity index (χ2n) is 3.35. The topological polar surface area (TPSA) is 51.8 Å². The van der Waals surface area contributed by atoms with E-state index in [9.17, 15) is 4.39 Å². The van der Waals surface area contributed by atoms with Gasteiger partial charge in [0, 0.05) is 11.4 Å². The van der Waals surface area contributed by atoms with Crippen LogP contribution >= 0.6 is 0 Å². The summed E-state index contributed by atoms with van der Waals surface area (Å²) >= 11 is 0. The lowest BCUT2D eigenvalue weighted by Gasteiger charge is -1.89. The Morgan fingerprint density at radius 3 is 1.81 bits per heavy atom. The second kappa shape index (κ2) is 5.80. The molecule has 0 aliphatic rings. The molecule has 0 fully saturated rings. The van der Waals surface area contributed by atoms with Crippen LogP contribution in [0.3, 0.4) is 0 Å². The SMILES string of the molecule is Cc1ccc(F)cn1.Cc1ccc(N)cn1. The van der Waals surface area contributed by atoms with Gasteiger partial charge in [-0.05, 0) is 38.1 Å². The summed E-state index contributed by atoms with van der Waals surface area (Å²) in [6.07, 6.45) is 2.85. The molecule has 0 bridgehead atoms. The zero-order valence-electron chi connectivity index (χ0n) is 9.31. The fraction of sp³-hybridized carbons (Fsp3) is 0.167. The smallest absolute Gasteiger partial charge is 0.141 e. The Hall–Kier alpha value is -1.97. The quantitative estimate of drug-likeness (QED) is 0.740. The van der Waals surface area contributed by atoms with E-state index >= 15 is 0 Å². The third-order valence-corrected chi connectivity index (χ3v) is 1.81. The minimum absolute atomic E-state index is 0.282. The highest BCUT2D eigenvalue weighted by Gasteiger charge is 1.85. The lowest BCUT2D eigenvalue weighted by atomic mass is 10.4. The molecule has 0 spiro atoms. The maximum atomic E-state index is 12.0. The largest absolute Gasteiger partial charge is 0.397 e. The van der Waals surface area contributed by atoms with E-state index in [2.05, 4.69) is 9.97 Å². The fourth-order valence-corrected chi connectivity index (χ4v) is 0.929. The van der Waals surface area contributed by atoms with Gasteiger partial charge < -0.3 is 5.73 Å². The van der Waals surface area contributed by atoms with Crippen LogP contribution in [0.25, 0.3) is 0 Å². The minimum Gasteiger partial charge on any atom is -0.397 e. The van der Waals surface area contributed by atoms with E-state index in [1.165, 1.54) is 12.3 Å². The summed E-state index contributed by atoms with van der Waals surface area (Å²) in [4.78, 5) is 7.66. The zero-order valence-corrected chi connectivity index (χ0v) is 9.31. The Morgan fingerprint density at radius 2 is 1.50 bits per heavy atom. The van der Waals surface area contributed by atoms with Crippen LogP contribution < -0.4 is 5.73 Å². The van der Waals surface area contributed by atoms with Crippen LogP contribution in [0.4, 0.5) is 10.1 Å². The maximum Gasteiger partial charge on any atom is 0.141 e. The van der Waals surface area contributed by atoms with Crippen LogP contribution in [-0.4, -0.2) is 9.97 Å². The highest BCUT2D eigenvalue weighted by molar-refractivity contribution is 5.34. The second-order valence-corrected chi connectivity index (χ2v) is 3.35. The molecule has 0 unspecified atom stereocenters. The van der Waals surface area contributed by atoms with Crippen molar-refractivity contribution < 1.29 is 4.39 Å². The first-order chi connectivity index (χ1) is 7.58. The first-order valence-corrected chi connectivity index (χ1v) is 4.84. The number of nitrogens with zero attached hydrogens (tertiary/aromatic N) is 2. The van der Waals surface area contributed by atoms with Gasteiger partial charge in [-0.2, -0.15) is 0 Å². The number of halogens is 1. The van der Waals surface area contributed by atoms with Gasteiger partial charge >= 0.3 is 0 Å². The molecule has 84 valence electrons. The maximum absolute atomic E-state index is 12.0. The van der Waals surface area contributed by atoms with Crippen molar-refractivity contribution in [1.29, 1.82) is 0 Å². The Bertz CT molecular complexity index is 338. The molecule has 4 heteroatoms. The van der Waals surface area contributed by atoms with Crippen LogP contribution in [0.1, 0.15) is 11.4 Å². The number of nitrogen functional groups attached to an aromatic ring is 1. The van der Waals surface area contributed by atoms with Gasteiger partial charge in [0.15, 0.2) is 0 Å².